The quantitative estimate of drug-likeness (QED) is 0.642. The van der Waals surface area contributed by atoms with E-state index in [1.54, 1.807) is 6.92 Å². The Morgan fingerprint density at radius 3 is 2.80 bits per heavy atom. The van der Waals surface area contributed by atoms with E-state index in [1.165, 1.54) is 30.0 Å². The van der Waals surface area contributed by atoms with Crippen LogP contribution in [0.3, 0.4) is 0 Å². The summed E-state index contributed by atoms with van der Waals surface area (Å²) in [6.07, 6.45) is 0. The molecule has 0 radical (unpaired) electrons. The highest BCUT2D eigenvalue weighted by Gasteiger charge is 2.27. The Hall–Kier alpha value is -1.99. The highest BCUT2D eigenvalue weighted by atomic mass is 35.5. The smallest absolute Gasteiger partial charge is 0.331 e. The van der Waals surface area contributed by atoms with E-state index in [4.69, 9.17) is 16.3 Å². The summed E-state index contributed by atoms with van der Waals surface area (Å²) in [7, 11) is 1.40. The fraction of sp³-hybridized carbons (Fsp3) is 0.250. The van der Waals surface area contributed by atoms with Gasteiger partial charge < -0.3 is 4.74 Å². The van der Waals surface area contributed by atoms with Crippen molar-refractivity contribution in [2.45, 2.75) is 13.5 Å². The van der Waals surface area contributed by atoms with Crippen LogP contribution in [0.1, 0.15) is 11.3 Å². The summed E-state index contributed by atoms with van der Waals surface area (Å²) in [6, 6.07) is 4.00. The van der Waals surface area contributed by atoms with Crippen LogP contribution in [0.25, 0.3) is 5.69 Å². The number of nitrogens with zero attached hydrogens (tertiary/aromatic N) is 3. The van der Waals surface area contributed by atoms with Gasteiger partial charge in [-0.1, -0.05) is 11.6 Å². The third-order valence-corrected chi connectivity index (χ3v) is 3.07. The minimum Gasteiger partial charge on any atom is -0.378 e. The van der Waals surface area contributed by atoms with Gasteiger partial charge in [0.25, 0.3) is 0 Å². The second kappa shape index (κ2) is 5.56. The average molecular weight is 300 g/mol. The maximum absolute atomic E-state index is 13.1. The van der Waals surface area contributed by atoms with E-state index in [-0.39, 0.29) is 23.1 Å². The number of halogens is 2. The van der Waals surface area contributed by atoms with Gasteiger partial charge in [-0.2, -0.15) is 5.10 Å². The van der Waals surface area contributed by atoms with Gasteiger partial charge in [-0.25, -0.2) is 9.07 Å². The fourth-order valence-corrected chi connectivity index (χ4v) is 2.17. The minimum atomic E-state index is -0.612. The van der Waals surface area contributed by atoms with Gasteiger partial charge in [0, 0.05) is 7.11 Å². The maximum atomic E-state index is 13.1. The first-order valence-electron chi connectivity index (χ1n) is 5.63. The lowest BCUT2D eigenvalue weighted by Gasteiger charge is -2.06. The number of ether oxygens (including phenoxy) is 1. The first kappa shape index (κ1) is 14.4. The van der Waals surface area contributed by atoms with Crippen LogP contribution in [0.15, 0.2) is 18.2 Å². The summed E-state index contributed by atoms with van der Waals surface area (Å²) in [6.45, 7) is 1.63. The number of aryl methyl sites for hydroxylation is 1. The zero-order valence-corrected chi connectivity index (χ0v) is 11.5. The van der Waals surface area contributed by atoms with Crippen molar-refractivity contribution in [3.63, 3.8) is 0 Å². The van der Waals surface area contributed by atoms with Crippen molar-refractivity contribution < 1.29 is 14.1 Å². The largest absolute Gasteiger partial charge is 0.378 e. The molecule has 2 aromatic rings. The predicted molar refractivity (Wildman–Crippen MR) is 70.6 cm³/mol. The van der Waals surface area contributed by atoms with Crippen LogP contribution in [0.2, 0.25) is 5.15 Å². The van der Waals surface area contributed by atoms with Crippen molar-refractivity contribution in [2.75, 3.05) is 7.11 Å². The van der Waals surface area contributed by atoms with Gasteiger partial charge in [-0.05, 0) is 30.7 Å². The third-order valence-electron chi connectivity index (χ3n) is 2.73. The molecule has 0 unspecified atom stereocenters. The lowest BCUT2D eigenvalue weighted by molar-refractivity contribution is -0.385. The number of hydrogen-bond donors (Lipinski definition) is 0. The van der Waals surface area contributed by atoms with Crippen molar-refractivity contribution in [1.29, 1.82) is 0 Å². The summed E-state index contributed by atoms with van der Waals surface area (Å²) in [5.41, 5.74) is 0.846. The van der Waals surface area contributed by atoms with Gasteiger partial charge in [-0.3, -0.25) is 10.1 Å². The molecule has 8 heteroatoms. The Bertz CT molecular complexity index is 672. The Morgan fingerprint density at radius 1 is 1.55 bits per heavy atom. The topological polar surface area (TPSA) is 70.2 Å². The molecule has 0 aliphatic rings. The van der Waals surface area contributed by atoms with Crippen LogP contribution in [-0.4, -0.2) is 21.8 Å². The van der Waals surface area contributed by atoms with Crippen molar-refractivity contribution in [3.8, 4) is 5.69 Å². The average Bonchev–Trinajstić information content (AvgIpc) is 2.67. The molecule has 0 N–H and O–H groups in total. The number of hydrogen-bond acceptors (Lipinski definition) is 4. The molecule has 0 spiro atoms. The minimum absolute atomic E-state index is 0.0384. The number of aromatic nitrogens is 2. The van der Waals surface area contributed by atoms with Crippen LogP contribution in [0.5, 0.6) is 0 Å². The van der Waals surface area contributed by atoms with Crippen LogP contribution >= 0.6 is 11.6 Å². The molecule has 0 atom stereocenters. The number of benzene rings is 1. The van der Waals surface area contributed by atoms with Crippen molar-refractivity contribution in [1.82, 2.24) is 9.78 Å². The van der Waals surface area contributed by atoms with Crippen LogP contribution in [0.4, 0.5) is 10.1 Å². The van der Waals surface area contributed by atoms with E-state index in [9.17, 15) is 14.5 Å². The molecule has 0 saturated carbocycles. The van der Waals surface area contributed by atoms with Crippen molar-refractivity contribution >= 4 is 17.3 Å². The van der Waals surface area contributed by atoms with Crippen LogP contribution in [-0.2, 0) is 11.3 Å². The number of rotatable bonds is 4. The third kappa shape index (κ3) is 2.50. The lowest BCUT2D eigenvalue weighted by atomic mass is 10.2. The highest BCUT2D eigenvalue weighted by Crippen LogP contribution is 2.32. The standard InChI is InChI=1S/C12H11ClFN3O3/c1-7-5-8(14)3-4-10(7)16-12(13)11(17(18)19)9(15-16)6-20-2/h3-5H,6H2,1-2H3. The molecule has 1 heterocycles. The predicted octanol–water partition coefficient (Wildman–Crippen LogP) is 3.03. The second-order valence-corrected chi connectivity index (χ2v) is 4.48. The molecule has 0 fully saturated rings. The number of nitro groups is 1. The molecule has 0 amide bonds. The summed E-state index contributed by atoms with van der Waals surface area (Å²) < 4.78 is 19.2. The summed E-state index contributed by atoms with van der Waals surface area (Å²) in [5, 5.41) is 15.0. The summed E-state index contributed by atoms with van der Waals surface area (Å²) in [5.74, 6) is -0.402. The molecule has 20 heavy (non-hydrogen) atoms. The van der Waals surface area contributed by atoms with E-state index >= 15 is 0 Å². The monoisotopic (exact) mass is 299 g/mol. The van der Waals surface area contributed by atoms with E-state index in [0.29, 0.717) is 11.3 Å². The van der Waals surface area contributed by atoms with Gasteiger partial charge in [0.2, 0.25) is 5.15 Å². The maximum Gasteiger partial charge on any atom is 0.331 e. The van der Waals surface area contributed by atoms with Gasteiger partial charge in [0.05, 0.1) is 17.2 Å². The molecule has 6 nitrogen and oxygen atoms in total. The first-order chi connectivity index (χ1) is 9.45. The first-order valence-corrected chi connectivity index (χ1v) is 6.00. The van der Waals surface area contributed by atoms with Crippen molar-refractivity contribution in [2.24, 2.45) is 0 Å². The number of methoxy groups -OCH3 is 1. The molecule has 2 rings (SSSR count). The molecule has 1 aromatic heterocycles. The van der Waals surface area contributed by atoms with E-state index in [1.807, 2.05) is 0 Å². The van der Waals surface area contributed by atoms with E-state index in [0.717, 1.165) is 0 Å². The molecule has 0 aliphatic heterocycles. The zero-order chi connectivity index (χ0) is 14.9. The van der Waals surface area contributed by atoms with Gasteiger partial charge in [0.15, 0.2) is 5.69 Å². The Morgan fingerprint density at radius 2 is 2.25 bits per heavy atom. The molecule has 106 valence electrons. The van der Waals surface area contributed by atoms with Gasteiger partial charge in [-0.15, -0.1) is 0 Å². The molecule has 0 aliphatic carbocycles. The molecular weight excluding hydrogens is 289 g/mol. The highest BCUT2D eigenvalue weighted by molar-refractivity contribution is 6.32. The molecule has 1 aromatic carbocycles. The molecular formula is C12H11ClFN3O3. The van der Waals surface area contributed by atoms with E-state index in [2.05, 4.69) is 5.10 Å². The van der Waals surface area contributed by atoms with Gasteiger partial charge >= 0.3 is 5.69 Å². The molecule has 0 bridgehead atoms. The molecule has 0 saturated heterocycles. The summed E-state index contributed by atoms with van der Waals surface area (Å²) in [4.78, 5) is 10.4. The zero-order valence-electron chi connectivity index (χ0n) is 10.8. The second-order valence-electron chi connectivity index (χ2n) is 4.12. The van der Waals surface area contributed by atoms with Crippen LogP contribution in [0, 0.1) is 22.9 Å². The summed E-state index contributed by atoms with van der Waals surface area (Å²) >= 11 is 6.02. The van der Waals surface area contributed by atoms with Crippen LogP contribution < -0.4 is 0 Å². The Labute approximate surface area is 118 Å². The van der Waals surface area contributed by atoms with Gasteiger partial charge in [0.1, 0.15) is 5.82 Å². The Balaban J connectivity index is 2.63. The Kier molecular flexibility index (Phi) is 4.01. The lowest BCUT2D eigenvalue weighted by Crippen LogP contribution is -2.01. The van der Waals surface area contributed by atoms with Crippen molar-refractivity contribution in [3.05, 3.63) is 50.5 Å². The normalized spacial score (nSPS) is 10.8. The fourth-order valence-electron chi connectivity index (χ4n) is 1.86. The van der Waals surface area contributed by atoms with E-state index < -0.39 is 10.7 Å². The SMILES string of the molecule is COCc1nn(-c2ccc(F)cc2C)c(Cl)c1[N+](=O)[O-].